The van der Waals surface area contributed by atoms with Crippen LogP contribution >= 0.6 is 15.9 Å². The monoisotopic (exact) mass is 343 g/mol. The van der Waals surface area contributed by atoms with E-state index < -0.39 is 10.8 Å². The third-order valence-corrected chi connectivity index (χ3v) is 5.68. The Balaban J connectivity index is 1.85. The van der Waals surface area contributed by atoms with Crippen molar-refractivity contribution in [2.75, 3.05) is 19.1 Å². The molecule has 2 rings (SSSR count). The van der Waals surface area contributed by atoms with Gasteiger partial charge in [-0.15, -0.1) is 0 Å². The molecule has 0 N–H and O–H groups in total. The molecule has 19 heavy (non-hydrogen) atoms. The summed E-state index contributed by atoms with van der Waals surface area (Å²) in [7, 11) is 1.46. The van der Waals surface area contributed by atoms with Gasteiger partial charge in [-0.2, -0.15) is 0 Å². The predicted molar refractivity (Wildman–Crippen MR) is 86.1 cm³/mol. The fraction of sp³-hybridized carbons (Fsp3) is 0.600. The number of rotatable bonds is 5. The van der Waals surface area contributed by atoms with Crippen LogP contribution in [0.25, 0.3) is 0 Å². The van der Waals surface area contributed by atoms with Gasteiger partial charge in [0.15, 0.2) is 0 Å². The van der Waals surface area contributed by atoms with Crippen LogP contribution in [0.15, 0.2) is 28.7 Å². The van der Waals surface area contributed by atoms with E-state index in [1.165, 1.54) is 18.4 Å². The van der Waals surface area contributed by atoms with Gasteiger partial charge in [-0.05, 0) is 50.4 Å². The Hall–Kier alpha value is -0.190. The van der Waals surface area contributed by atoms with E-state index in [9.17, 15) is 4.21 Å². The second kappa shape index (κ2) is 6.51. The maximum Gasteiger partial charge on any atom is 0.0385 e. The van der Waals surface area contributed by atoms with E-state index in [4.69, 9.17) is 0 Å². The molecule has 0 radical (unpaired) electrons. The number of halogens is 1. The number of hydrogen-bond acceptors (Lipinski definition) is 2. The zero-order valence-corrected chi connectivity index (χ0v) is 14.2. The Morgan fingerprint density at radius 3 is 2.47 bits per heavy atom. The highest BCUT2D eigenvalue weighted by Crippen LogP contribution is 2.40. The highest BCUT2D eigenvalue weighted by atomic mass is 79.9. The van der Waals surface area contributed by atoms with Crippen LogP contribution in [0, 0.1) is 0 Å². The van der Waals surface area contributed by atoms with E-state index in [0.717, 1.165) is 10.2 Å². The molecule has 106 valence electrons. The zero-order chi connectivity index (χ0) is 14.0. The van der Waals surface area contributed by atoms with Gasteiger partial charge in [0.25, 0.3) is 0 Å². The lowest BCUT2D eigenvalue weighted by Gasteiger charge is -2.44. The van der Waals surface area contributed by atoms with Crippen LogP contribution in [-0.2, 0) is 10.8 Å². The fourth-order valence-electron chi connectivity index (χ4n) is 2.74. The summed E-state index contributed by atoms with van der Waals surface area (Å²) in [6, 6.07) is 9.73. The minimum atomic E-state index is -0.705. The Kier molecular flexibility index (Phi) is 5.21. The third-order valence-electron chi connectivity index (χ3n) is 4.20. The van der Waals surface area contributed by atoms with Crippen molar-refractivity contribution >= 4 is 26.7 Å². The van der Waals surface area contributed by atoms with Crippen LogP contribution in [-0.4, -0.2) is 40.2 Å². The van der Waals surface area contributed by atoms with Gasteiger partial charge in [0.05, 0.1) is 0 Å². The lowest BCUT2D eigenvalue weighted by molar-refractivity contribution is 0.109. The van der Waals surface area contributed by atoms with Gasteiger partial charge < -0.3 is 0 Å². The highest BCUT2D eigenvalue weighted by Gasteiger charge is 2.34. The second-order valence-corrected chi connectivity index (χ2v) is 8.02. The molecule has 0 unspecified atom stereocenters. The Morgan fingerprint density at radius 1 is 1.37 bits per heavy atom. The molecule has 0 amide bonds. The number of benzene rings is 1. The lowest BCUT2D eigenvalue weighted by atomic mass is 9.75. The molecule has 0 heterocycles. The van der Waals surface area contributed by atoms with Crippen molar-refractivity contribution in [2.45, 2.75) is 37.8 Å². The van der Waals surface area contributed by atoms with Crippen LogP contribution in [0.3, 0.4) is 0 Å². The molecule has 1 aromatic rings. The second-order valence-electron chi connectivity index (χ2n) is 5.63. The molecule has 1 aliphatic rings. The van der Waals surface area contributed by atoms with Crippen LogP contribution in [0.5, 0.6) is 0 Å². The van der Waals surface area contributed by atoms with E-state index in [1.54, 1.807) is 6.26 Å². The number of hydrogen-bond donors (Lipinski definition) is 0. The first-order chi connectivity index (χ1) is 8.97. The topological polar surface area (TPSA) is 20.3 Å². The van der Waals surface area contributed by atoms with Gasteiger partial charge in [0, 0.05) is 39.4 Å². The van der Waals surface area contributed by atoms with Gasteiger partial charge in [-0.25, -0.2) is 0 Å². The summed E-state index contributed by atoms with van der Waals surface area (Å²) in [5, 5.41) is 0. The van der Waals surface area contributed by atoms with Crippen LogP contribution in [0.2, 0.25) is 0 Å². The van der Waals surface area contributed by atoms with E-state index in [0.29, 0.717) is 18.0 Å². The highest BCUT2D eigenvalue weighted by molar-refractivity contribution is 9.10. The van der Waals surface area contributed by atoms with E-state index in [-0.39, 0.29) is 0 Å². The molecule has 4 heteroatoms. The predicted octanol–water partition coefficient (Wildman–Crippen LogP) is 3.39. The van der Waals surface area contributed by atoms with Gasteiger partial charge in [0.1, 0.15) is 0 Å². The fourth-order valence-corrected chi connectivity index (χ4v) is 3.92. The standard InChI is InChI=1S/C15H22BrNOS/c1-11(10-19(3)18)17(2)15-8-13(9-15)12-4-6-14(16)7-5-12/h4-7,11,13,15H,8-10H2,1-3H3/t11-,13?,15?,19+/m0/s1. The van der Waals surface area contributed by atoms with Crippen molar-refractivity contribution < 1.29 is 4.21 Å². The molecule has 2 nitrogen and oxygen atoms in total. The van der Waals surface area contributed by atoms with Crippen molar-refractivity contribution in [2.24, 2.45) is 0 Å². The van der Waals surface area contributed by atoms with Crippen molar-refractivity contribution in [3.05, 3.63) is 34.3 Å². The first-order valence-electron chi connectivity index (χ1n) is 6.74. The molecule has 0 bridgehead atoms. The summed E-state index contributed by atoms with van der Waals surface area (Å²) >= 11 is 3.47. The van der Waals surface area contributed by atoms with Crippen molar-refractivity contribution in [3.8, 4) is 0 Å². The Bertz CT molecular complexity index is 442. The Labute approximate surface area is 127 Å². The average molecular weight is 344 g/mol. The van der Waals surface area contributed by atoms with Gasteiger partial charge >= 0.3 is 0 Å². The largest absolute Gasteiger partial charge is 0.300 e. The van der Waals surface area contributed by atoms with Gasteiger partial charge in [-0.3, -0.25) is 9.11 Å². The number of nitrogens with zero attached hydrogens (tertiary/aromatic N) is 1. The first kappa shape index (κ1) is 15.2. The van der Waals surface area contributed by atoms with E-state index >= 15 is 0 Å². The molecule has 1 saturated carbocycles. The molecule has 0 aliphatic heterocycles. The molecule has 0 spiro atoms. The Morgan fingerprint density at radius 2 is 1.95 bits per heavy atom. The van der Waals surface area contributed by atoms with Gasteiger partial charge in [-0.1, -0.05) is 28.1 Å². The van der Waals surface area contributed by atoms with E-state index in [1.807, 2.05) is 0 Å². The summed E-state index contributed by atoms with van der Waals surface area (Å²) in [6.07, 6.45) is 4.23. The normalized spacial score (nSPS) is 25.9. The summed E-state index contributed by atoms with van der Waals surface area (Å²) in [5.74, 6) is 1.47. The first-order valence-corrected chi connectivity index (χ1v) is 9.26. The molecule has 0 aromatic heterocycles. The van der Waals surface area contributed by atoms with E-state index in [2.05, 4.69) is 59.1 Å². The molecule has 1 aromatic carbocycles. The lowest BCUT2D eigenvalue weighted by Crippen LogP contribution is -2.47. The summed E-state index contributed by atoms with van der Waals surface area (Å²) in [4.78, 5) is 2.40. The summed E-state index contributed by atoms with van der Waals surface area (Å²) < 4.78 is 12.4. The molecule has 0 saturated heterocycles. The summed E-state index contributed by atoms with van der Waals surface area (Å²) in [6.45, 7) is 2.17. The minimum absolute atomic E-state index is 0.404. The zero-order valence-electron chi connectivity index (χ0n) is 11.8. The summed E-state index contributed by atoms with van der Waals surface area (Å²) in [5.41, 5.74) is 1.44. The van der Waals surface area contributed by atoms with Crippen molar-refractivity contribution in [1.29, 1.82) is 0 Å². The molecule has 1 fully saturated rings. The van der Waals surface area contributed by atoms with Crippen molar-refractivity contribution in [1.82, 2.24) is 4.90 Å². The molecule has 1 aliphatic carbocycles. The van der Waals surface area contributed by atoms with Crippen molar-refractivity contribution in [3.63, 3.8) is 0 Å². The van der Waals surface area contributed by atoms with Gasteiger partial charge in [0.2, 0.25) is 0 Å². The third kappa shape index (κ3) is 3.89. The maximum absolute atomic E-state index is 11.3. The molecule has 2 atom stereocenters. The average Bonchev–Trinajstić information content (AvgIpc) is 2.28. The van der Waals surface area contributed by atoms with Crippen LogP contribution in [0.4, 0.5) is 0 Å². The molecular formula is C15H22BrNOS. The maximum atomic E-state index is 11.3. The van der Waals surface area contributed by atoms with Crippen LogP contribution in [0.1, 0.15) is 31.2 Å². The minimum Gasteiger partial charge on any atom is -0.300 e. The smallest absolute Gasteiger partial charge is 0.0385 e. The van der Waals surface area contributed by atoms with Crippen LogP contribution < -0.4 is 0 Å². The quantitative estimate of drug-likeness (QED) is 0.816. The SMILES string of the molecule is C[C@@H](C[S@@](C)=O)N(C)C1CC(c2ccc(Br)cc2)C1. The molecular weight excluding hydrogens is 322 g/mol.